The Labute approximate surface area is 177 Å². The minimum absolute atomic E-state index is 0.0307. The molecule has 3 amide bonds. The monoisotopic (exact) mass is 410 g/mol. The van der Waals surface area contributed by atoms with E-state index in [2.05, 4.69) is 15.5 Å². The summed E-state index contributed by atoms with van der Waals surface area (Å²) in [6.07, 6.45) is 3.61. The van der Waals surface area contributed by atoms with E-state index in [0.29, 0.717) is 18.0 Å². The average molecular weight is 411 g/mol. The van der Waals surface area contributed by atoms with Crippen LogP contribution in [0.1, 0.15) is 25.7 Å². The number of likely N-dealkylation sites (tertiary alicyclic amines) is 1. The molecule has 0 spiro atoms. The SMILES string of the molecule is NC(=O)C1CCN(CCCCNC(=O)Nc2cccc(Oc3ccccc3)c2)CC1. The van der Waals surface area contributed by atoms with E-state index in [1.54, 1.807) is 6.07 Å². The molecule has 0 atom stereocenters. The Bertz CT molecular complexity index is 820. The van der Waals surface area contributed by atoms with Gasteiger partial charge < -0.3 is 26.0 Å². The molecule has 1 aliphatic rings. The van der Waals surface area contributed by atoms with Gasteiger partial charge in [-0.25, -0.2) is 4.79 Å². The van der Waals surface area contributed by atoms with Gasteiger partial charge in [-0.3, -0.25) is 4.79 Å². The van der Waals surface area contributed by atoms with Crippen molar-refractivity contribution in [2.45, 2.75) is 25.7 Å². The van der Waals surface area contributed by atoms with Crippen LogP contribution in [-0.2, 0) is 4.79 Å². The fourth-order valence-electron chi connectivity index (χ4n) is 3.54. The van der Waals surface area contributed by atoms with E-state index >= 15 is 0 Å². The first-order valence-electron chi connectivity index (χ1n) is 10.5. The van der Waals surface area contributed by atoms with Crippen LogP contribution in [0.3, 0.4) is 0 Å². The maximum absolute atomic E-state index is 12.1. The third kappa shape index (κ3) is 7.08. The van der Waals surface area contributed by atoms with Crippen LogP contribution in [0, 0.1) is 5.92 Å². The number of ether oxygens (including phenoxy) is 1. The van der Waals surface area contributed by atoms with Crippen LogP contribution in [0.5, 0.6) is 11.5 Å². The molecule has 160 valence electrons. The molecule has 0 unspecified atom stereocenters. The number of nitrogens with zero attached hydrogens (tertiary/aromatic N) is 1. The zero-order valence-electron chi connectivity index (χ0n) is 17.2. The lowest BCUT2D eigenvalue weighted by atomic mass is 9.96. The van der Waals surface area contributed by atoms with Crippen molar-refractivity contribution >= 4 is 17.6 Å². The van der Waals surface area contributed by atoms with Gasteiger partial charge in [0, 0.05) is 24.2 Å². The zero-order valence-corrected chi connectivity index (χ0v) is 17.2. The molecular formula is C23H30N4O3. The van der Waals surface area contributed by atoms with Gasteiger partial charge in [0.05, 0.1) is 0 Å². The summed E-state index contributed by atoms with van der Waals surface area (Å²) in [5.74, 6) is 1.27. The average Bonchev–Trinajstić information content (AvgIpc) is 2.75. The van der Waals surface area contributed by atoms with Crippen molar-refractivity contribution in [1.82, 2.24) is 10.2 Å². The van der Waals surface area contributed by atoms with Crippen molar-refractivity contribution in [3.8, 4) is 11.5 Å². The van der Waals surface area contributed by atoms with E-state index < -0.39 is 0 Å². The number of primary amides is 1. The predicted octanol–water partition coefficient (Wildman–Crippen LogP) is 3.58. The largest absolute Gasteiger partial charge is 0.457 e. The highest BCUT2D eigenvalue weighted by Crippen LogP contribution is 2.23. The van der Waals surface area contributed by atoms with Crippen LogP contribution in [0.15, 0.2) is 54.6 Å². The van der Waals surface area contributed by atoms with Crippen molar-refractivity contribution in [1.29, 1.82) is 0 Å². The number of hydrogen-bond acceptors (Lipinski definition) is 4. The minimum Gasteiger partial charge on any atom is -0.457 e. The maximum Gasteiger partial charge on any atom is 0.319 e. The number of hydrogen-bond donors (Lipinski definition) is 3. The van der Waals surface area contributed by atoms with E-state index in [9.17, 15) is 9.59 Å². The smallest absolute Gasteiger partial charge is 0.319 e. The van der Waals surface area contributed by atoms with Crippen LogP contribution < -0.4 is 21.1 Å². The number of carbonyl (C=O) groups is 2. The standard InChI is InChI=1S/C23H30N4O3/c24-22(28)18-11-15-27(16-12-18)14-5-4-13-25-23(29)26-19-7-6-10-21(17-19)30-20-8-2-1-3-9-20/h1-3,6-10,17-18H,4-5,11-16H2,(H2,24,28)(H2,25,26,29). The van der Waals surface area contributed by atoms with E-state index in [0.717, 1.165) is 51.1 Å². The van der Waals surface area contributed by atoms with E-state index in [1.807, 2.05) is 48.5 Å². The first-order chi connectivity index (χ1) is 14.6. The normalized spacial score (nSPS) is 14.8. The third-order valence-electron chi connectivity index (χ3n) is 5.25. The molecule has 7 nitrogen and oxygen atoms in total. The number of unbranched alkanes of at least 4 members (excludes halogenated alkanes) is 1. The molecule has 1 aliphatic heterocycles. The van der Waals surface area contributed by atoms with Gasteiger partial charge in [-0.15, -0.1) is 0 Å². The van der Waals surface area contributed by atoms with Crippen LogP contribution in [0.25, 0.3) is 0 Å². The highest BCUT2D eigenvalue weighted by Gasteiger charge is 2.22. The topological polar surface area (TPSA) is 96.7 Å². The van der Waals surface area contributed by atoms with Gasteiger partial charge >= 0.3 is 6.03 Å². The summed E-state index contributed by atoms with van der Waals surface area (Å²) in [5, 5.41) is 5.73. The first kappa shape index (κ1) is 21.6. The molecule has 4 N–H and O–H groups in total. The Kier molecular flexibility index (Phi) is 8.09. The summed E-state index contributed by atoms with van der Waals surface area (Å²) >= 11 is 0. The van der Waals surface area contributed by atoms with Crippen molar-refractivity contribution in [3.05, 3.63) is 54.6 Å². The van der Waals surface area contributed by atoms with Crippen LogP contribution in [-0.4, -0.2) is 43.0 Å². The molecule has 1 fully saturated rings. The van der Waals surface area contributed by atoms with Gasteiger partial charge in [0.2, 0.25) is 5.91 Å². The Balaban J connectivity index is 1.31. The zero-order chi connectivity index (χ0) is 21.2. The molecule has 1 saturated heterocycles. The van der Waals surface area contributed by atoms with Gasteiger partial charge in [0.15, 0.2) is 0 Å². The Hall–Kier alpha value is -3.06. The molecule has 0 saturated carbocycles. The van der Waals surface area contributed by atoms with Crippen LogP contribution >= 0.6 is 0 Å². The molecule has 0 bridgehead atoms. The lowest BCUT2D eigenvalue weighted by Gasteiger charge is -2.30. The number of carbonyl (C=O) groups excluding carboxylic acids is 2. The number of urea groups is 1. The number of nitrogens with two attached hydrogens (primary N) is 1. The van der Waals surface area contributed by atoms with E-state index in [-0.39, 0.29) is 17.9 Å². The summed E-state index contributed by atoms with van der Waals surface area (Å²) in [6.45, 7) is 3.43. The number of amides is 3. The fraction of sp³-hybridized carbons (Fsp3) is 0.391. The second-order valence-corrected chi connectivity index (χ2v) is 7.55. The fourth-order valence-corrected chi connectivity index (χ4v) is 3.54. The molecule has 1 heterocycles. The Morgan fingerprint density at radius 2 is 1.73 bits per heavy atom. The molecule has 7 heteroatoms. The number of benzene rings is 2. The second-order valence-electron chi connectivity index (χ2n) is 7.55. The highest BCUT2D eigenvalue weighted by molar-refractivity contribution is 5.89. The van der Waals surface area contributed by atoms with Gasteiger partial charge in [0.25, 0.3) is 0 Å². The van der Waals surface area contributed by atoms with Gasteiger partial charge in [-0.1, -0.05) is 24.3 Å². The molecule has 2 aromatic carbocycles. The third-order valence-corrected chi connectivity index (χ3v) is 5.25. The van der Waals surface area contributed by atoms with Gasteiger partial charge in [-0.05, 0) is 69.6 Å². The summed E-state index contributed by atoms with van der Waals surface area (Å²) in [4.78, 5) is 25.7. The minimum atomic E-state index is -0.228. The summed E-state index contributed by atoms with van der Waals surface area (Å²) in [7, 11) is 0. The van der Waals surface area contributed by atoms with Crippen molar-refractivity contribution in [2.24, 2.45) is 11.7 Å². The van der Waals surface area contributed by atoms with Crippen molar-refractivity contribution in [2.75, 3.05) is 31.5 Å². The molecule has 2 aromatic rings. The highest BCUT2D eigenvalue weighted by atomic mass is 16.5. The number of anilines is 1. The molecular weight excluding hydrogens is 380 g/mol. The van der Waals surface area contributed by atoms with Gasteiger partial charge in [-0.2, -0.15) is 0 Å². The second kappa shape index (κ2) is 11.2. The first-order valence-corrected chi connectivity index (χ1v) is 10.5. The molecule has 30 heavy (non-hydrogen) atoms. The number of para-hydroxylation sites is 1. The quantitative estimate of drug-likeness (QED) is 0.551. The Morgan fingerprint density at radius 3 is 2.47 bits per heavy atom. The van der Waals surface area contributed by atoms with Gasteiger partial charge in [0.1, 0.15) is 11.5 Å². The summed E-state index contributed by atoms with van der Waals surface area (Å²) < 4.78 is 5.79. The van der Waals surface area contributed by atoms with E-state index in [4.69, 9.17) is 10.5 Å². The number of nitrogens with one attached hydrogen (secondary N) is 2. The van der Waals surface area contributed by atoms with Crippen LogP contribution in [0.2, 0.25) is 0 Å². The lowest BCUT2D eigenvalue weighted by molar-refractivity contribution is -0.123. The lowest BCUT2D eigenvalue weighted by Crippen LogP contribution is -2.39. The number of piperidine rings is 1. The summed E-state index contributed by atoms with van der Waals surface area (Å²) in [6, 6.07) is 16.6. The molecule has 0 radical (unpaired) electrons. The Morgan fingerprint density at radius 1 is 1.00 bits per heavy atom. The van der Waals surface area contributed by atoms with Crippen molar-refractivity contribution < 1.29 is 14.3 Å². The molecule has 0 aliphatic carbocycles. The van der Waals surface area contributed by atoms with Crippen LogP contribution in [0.4, 0.5) is 10.5 Å². The van der Waals surface area contributed by atoms with Crippen molar-refractivity contribution in [3.63, 3.8) is 0 Å². The number of rotatable bonds is 9. The predicted molar refractivity (Wildman–Crippen MR) is 118 cm³/mol. The summed E-state index contributed by atoms with van der Waals surface area (Å²) in [5.41, 5.74) is 6.05. The van der Waals surface area contributed by atoms with E-state index in [1.165, 1.54) is 0 Å². The maximum atomic E-state index is 12.1. The molecule has 3 rings (SSSR count). The molecule has 0 aromatic heterocycles.